The van der Waals surface area contributed by atoms with Gasteiger partial charge in [-0.15, -0.1) is 0 Å². The fraction of sp³-hybridized carbons (Fsp3) is 0.500. The highest BCUT2D eigenvalue weighted by atomic mass is 16.3. The number of rotatable bonds is 1. The summed E-state index contributed by atoms with van der Waals surface area (Å²) in [6.07, 6.45) is 2.31. The number of aliphatic hydroxyl groups is 1. The Kier molecular flexibility index (Phi) is 1.89. The second kappa shape index (κ2) is 2.85. The quantitative estimate of drug-likeness (QED) is 0.690. The molecule has 0 bridgehead atoms. The van der Waals surface area contributed by atoms with E-state index in [-0.39, 0.29) is 11.9 Å². The number of hydrogen-bond donors (Lipinski definition) is 2. The molecule has 0 radical (unpaired) electrons. The molecule has 2 rings (SSSR count). The van der Waals surface area contributed by atoms with Gasteiger partial charge in [-0.2, -0.15) is 0 Å². The molecule has 0 aromatic carbocycles. The van der Waals surface area contributed by atoms with Crippen LogP contribution in [0.25, 0.3) is 0 Å². The fourth-order valence-corrected chi connectivity index (χ4v) is 1.97. The molecule has 4 heteroatoms. The molecule has 0 saturated heterocycles. The Bertz CT molecular complexity index is 372. The number of carbonyl (C=O) groups excluding carboxylic acids is 1. The van der Waals surface area contributed by atoms with Crippen molar-refractivity contribution in [2.24, 2.45) is 0 Å². The van der Waals surface area contributed by atoms with Crippen molar-refractivity contribution in [3.05, 3.63) is 24.0 Å². The maximum atomic E-state index is 11.5. The molecule has 0 spiro atoms. The molecule has 1 amide bonds. The molecule has 1 aromatic heterocycles. The number of carbonyl (C=O) groups is 1. The van der Waals surface area contributed by atoms with Gasteiger partial charge in [-0.3, -0.25) is 4.79 Å². The van der Waals surface area contributed by atoms with E-state index in [1.165, 1.54) is 0 Å². The Morgan fingerprint density at radius 3 is 3.07 bits per heavy atom. The Balaban J connectivity index is 2.57. The molecule has 1 aromatic rings. The molecule has 1 aliphatic rings. The van der Waals surface area contributed by atoms with Gasteiger partial charge in [0.1, 0.15) is 5.69 Å². The Morgan fingerprint density at radius 1 is 1.71 bits per heavy atom. The van der Waals surface area contributed by atoms with Gasteiger partial charge in [-0.1, -0.05) is 6.92 Å². The zero-order valence-corrected chi connectivity index (χ0v) is 8.32. The molecule has 0 fully saturated rings. The van der Waals surface area contributed by atoms with Crippen LogP contribution in [0.2, 0.25) is 0 Å². The van der Waals surface area contributed by atoms with Crippen LogP contribution in [-0.2, 0) is 5.72 Å². The smallest absolute Gasteiger partial charge is 0.268 e. The van der Waals surface area contributed by atoms with E-state index >= 15 is 0 Å². The summed E-state index contributed by atoms with van der Waals surface area (Å²) in [5, 5.41) is 13.1. The summed E-state index contributed by atoms with van der Waals surface area (Å²) >= 11 is 0. The Hall–Kier alpha value is -1.29. The summed E-state index contributed by atoms with van der Waals surface area (Å²) in [7, 11) is 0. The van der Waals surface area contributed by atoms with Crippen LogP contribution in [0.15, 0.2) is 18.3 Å². The van der Waals surface area contributed by atoms with Gasteiger partial charge < -0.3 is 15.0 Å². The molecule has 2 heterocycles. The average Bonchev–Trinajstić information content (AvgIpc) is 2.63. The van der Waals surface area contributed by atoms with Crippen LogP contribution in [0.1, 0.15) is 30.8 Å². The SMILES string of the molecule is CCC1(O)C(C)NC(=O)c2cccn21. The summed E-state index contributed by atoms with van der Waals surface area (Å²) in [5.41, 5.74) is -0.473. The maximum absolute atomic E-state index is 11.5. The van der Waals surface area contributed by atoms with E-state index in [0.29, 0.717) is 12.1 Å². The van der Waals surface area contributed by atoms with Crippen LogP contribution in [0, 0.1) is 0 Å². The molecular formula is C10H14N2O2. The molecule has 2 N–H and O–H groups in total. The number of hydrogen-bond acceptors (Lipinski definition) is 2. The van der Waals surface area contributed by atoms with E-state index in [0.717, 1.165) is 0 Å². The summed E-state index contributed by atoms with van der Waals surface area (Å²) in [4.78, 5) is 11.5. The van der Waals surface area contributed by atoms with Crippen LogP contribution in [0.3, 0.4) is 0 Å². The number of aromatic nitrogens is 1. The van der Waals surface area contributed by atoms with Crippen molar-refractivity contribution < 1.29 is 9.90 Å². The topological polar surface area (TPSA) is 54.3 Å². The third-order valence-electron chi connectivity index (χ3n) is 2.96. The molecule has 1 aliphatic heterocycles. The minimum atomic E-state index is -0.993. The van der Waals surface area contributed by atoms with Crippen LogP contribution in [0.5, 0.6) is 0 Å². The monoisotopic (exact) mass is 194 g/mol. The fourth-order valence-electron chi connectivity index (χ4n) is 1.97. The third kappa shape index (κ3) is 1.00. The van der Waals surface area contributed by atoms with Crippen molar-refractivity contribution in [2.75, 3.05) is 0 Å². The molecule has 0 aliphatic carbocycles. The number of nitrogens with one attached hydrogen (secondary N) is 1. The van der Waals surface area contributed by atoms with Gasteiger partial charge in [0.05, 0.1) is 6.04 Å². The predicted octanol–water partition coefficient (Wildman–Crippen LogP) is 0.675. The number of nitrogens with zero attached hydrogens (tertiary/aromatic N) is 1. The second-order valence-corrected chi connectivity index (χ2v) is 3.69. The van der Waals surface area contributed by atoms with Crippen molar-refractivity contribution in [3.63, 3.8) is 0 Å². The van der Waals surface area contributed by atoms with Gasteiger partial charge in [0, 0.05) is 6.20 Å². The lowest BCUT2D eigenvalue weighted by Crippen LogP contribution is -2.57. The van der Waals surface area contributed by atoms with Crippen LogP contribution in [0.4, 0.5) is 0 Å². The normalized spacial score (nSPS) is 31.1. The molecule has 76 valence electrons. The van der Waals surface area contributed by atoms with Gasteiger partial charge in [0.25, 0.3) is 5.91 Å². The van der Waals surface area contributed by atoms with Crippen LogP contribution >= 0.6 is 0 Å². The van der Waals surface area contributed by atoms with E-state index in [2.05, 4.69) is 5.32 Å². The van der Waals surface area contributed by atoms with E-state index in [4.69, 9.17) is 0 Å². The van der Waals surface area contributed by atoms with Crippen molar-refractivity contribution in [1.82, 2.24) is 9.88 Å². The van der Waals surface area contributed by atoms with E-state index in [9.17, 15) is 9.90 Å². The average molecular weight is 194 g/mol. The first-order valence-corrected chi connectivity index (χ1v) is 4.80. The largest absolute Gasteiger partial charge is 0.369 e. The van der Waals surface area contributed by atoms with Gasteiger partial charge in [0.15, 0.2) is 5.72 Å². The van der Waals surface area contributed by atoms with Crippen LogP contribution < -0.4 is 5.32 Å². The summed E-state index contributed by atoms with van der Waals surface area (Å²) < 4.78 is 1.65. The van der Waals surface area contributed by atoms with Crippen molar-refractivity contribution >= 4 is 5.91 Å². The number of amides is 1. The zero-order chi connectivity index (χ0) is 10.3. The van der Waals surface area contributed by atoms with Gasteiger partial charge in [-0.25, -0.2) is 0 Å². The summed E-state index contributed by atoms with van der Waals surface area (Å²) in [6.45, 7) is 3.71. The predicted molar refractivity (Wildman–Crippen MR) is 51.8 cm³/mol. The highest BCUT2D eigenvalue weighted by molar-refractivity contribution is 5.93. The number of fused-ring (bicyclic) bond motifs is 1. The van der Waals surface area contributed by atoms with Crippen molar-refractivity contribution in [2.45, 2.75) is 32.0 Å². The first kappa shape index (κ1) is 9.27. The van der Waals surface area contributed by atoms with Crippen LogP contribution in [-0.4, -0.2) is 21.6 Å². The molecule has 14 heavy (non-hydrogen) atoms. The highest BCUT2D eigenvalue weighted by Gasteiger charge is 2.40. The zero-order valence-electron chi connectivity index (χ0n) is 8.32. The molecule has 2 atom stereocenters. The standard InChI is InChI=1S/C10H14N2O2/c1-3-10(14)7(2)11-9(13)8-5-4-6-12(8)10/h4-7,14H,3H2,1-2H3,(H,11,13). The molecule has 4 nitrogen and oxygen atoms in total. The van der Waals surface area contributed by atoms with E-state index in [1.807, 2.05) is 13.8 Å². The summed E-state index contributed by atoms with van der Waals surface area (Å²) in [6, 6.07) is 3.22. The highest BCUT2D eigenvalue weighted by Crippen LogP contribution is 2.28. The lowest BCUT2D eigenvalue weighted by Gasteiger charge is -2.40. The lowest BCUT2D eigenvalue weighted by atomic mass is 9.99. The molecule has 0 saturated carbocycles. The van der Waals surface area contributed by atoms with Gasteiger partial charge in [-0.05, 0) is 25.5 Å². The second-order valence-electron chi connectivity index (χ2n) is 3.69. The van der Waals surface area contributed by atoms with E-state index in [1.54, 1.807) is 22.9 Å². The van der Waals surface area contributed by atoms with Gasteiger partial charge in [0.2, 0.25) is 0 Å². The lowest BCUT2D eigenvalue weighted by molar-refractivity contribution is -0.0759. The first-order valence-electron chi connectivity index (χ1n) is 4.80. The maximum Gasteiger partial charge on any atom is 0.268 e. The third-order valence-corrected chi connectivity index (χ3v) is 2.96. The van der Waals surface area contributed by atoms with Crippen molar-refractivity contribution in [3.8, 4) is 0 Å². The Morgan fingerprint density at radius 2 is 2.43 bits per heavy atom. The minimum Gasteiger partial charge on any atom is -0.369 e. The first-order chi connectivity index (χ1) is 6.59. The molecular weight excluding hydrogens is 180 g/mol. The summed E-state index contributed by atoms with van der Waals surface area (Å²) in [5.74, 6) is -0.124. The van der Waals surface area contributed by atoms with Crippen molar-refractivity contribution in [1.29, 1.82) is 0 Å². The molecule has 2 unspecified atom stereocenters. The Labute approximate surface area is 82.5 Å². The minimum absolute atomic E-state index is 0.124. The van der Waals surface area contributed by atoms with Gasteiger partial charge >= 0.3 is 0 Å². The van der Waals surface area contributed by atoms with E-state index < -0.39 is 5.72 Å².